The number of benzene rings is 1. The van der Waals surface area contributed by atoms with Crippen LogP contribution in [0.5, 0.6) is 0 Å². The molecule has 4 heteroatoms. The van der Waals surface area contributed by atoms with Gasteiger partial charge in [0.15, 0.2) is 0 Å². The largest absolute Gasteiger partial charge is 0.327 e. The van der Waals surface area contributed by atoms with Crippen molar-refractivity contribution in [2.45, 2.75) is 26.7 Å². The molecule has 0 fully saturated rings. The van der Waals surface area contributed by atoms with Gasteiger partial charge in [-0.1, -0.05) is 17.7 Å². The van der Waals surface area contributed by atoms with E-state index in [-0.39, 0.29) is 0 Å². The summed E-state index contributed by atoms with van der Waals surface area (Å²) in [7, 11) is 1.97. The van der Waals surface area contributed by atoms with Gasteiger partial charge in [-0.3, -0.25) is 4.68 Å². The molecule has 0 aliphatic rings. The molecular formula is C15H20ClN3. The number of nitrogens with zero attached hydrogens (tertiary/aromatic N) is 3. The van der Waals surface area contributed by atoms with E-state index in [0.717, 1.165) is 23.6 Å². The van der Waals surface area contributed by atoms with Gasteiger partial charge in [0.25, 0.3) is 0 Å². The van der Waals surface area contributed by atoms with Gasteiger partial charge in [-0.05, 0) is 32.9 Å². The third kappa shape index (κ3) is 2.61. The first kappa shape index (κ1) is 13.9. The molecule has 2 aromatic rings. The topological polar surface area (TPSA) is 21.1 Å². The first-order chi connectivity index (χ1) is 9.08. The van der Waals surface area contributed by atoms with Crippen molar-refractivity contribution < 1.29 is 0 Å². The predicted molar refractivity (Wildman–Crippen MR) is 81.4 cm³/mol. The Morgan fingerprint density at radius 3 is 2.37 bits per heavy atom. The number of rotatable bonds is 4. The summed E-state index contributed by atoms with van der Waals surface area (Å²) in [5, 5.41) is 4.48. The average Bonchev–Trinajstić information content (AvgIpc) is 2.67. The summed E-state index contributed by atoms with van der Waals surface area (Å²) in [6, 6.07) is 8.53. The summed E-state index contributed by atoms with van der Waals surface area (Å²) in [4.78, 5) is 2.25. The monoisotopic (exact) mass is 277 g/mol. The molecule has 0 aliphatic carbocycles. The second-order valence-corrected chi connectivity index (χ2v) is 4.99. The molecule has 1 heterocycles. The highest BCUT2D eigenvalue weighted by Crippen LogP contribution is 2.31. The maximum atomic E-state index is 6.08. The average molecular weight is 278 g/mol. The van der Waals surface area contributed by atoms with E-state index >= 15 is 0 Å². The molecule has 3 nitrogen and oxygen atoms in total. The molecule has 0 unspecified atom stereocenters. The minimum Gasteiger partial charge on any atom is -0.327 e. The van der Waals surface area contributed by atoms with Crippen LogP contribution in [0.3, 0.4) is 0 Å². The van der Waals surface area contributed by atoms with Gasteiger partial charge >= 0.3 is 0 Å². The van der Waals surface area contributed by atoms with Gasteiger partial charge in [0.2, 0.25) is 0 Å². The van der Waals surface area contributed by atoms with Gasteiger partial charge in [0.1, 0.15) is 5.82 Å². The fourth-order valence-corrected chi connectivity index (χ4v) is 2.68. The molecule has 0 amide bonds. The van der Waals surface area contributed by atoms with Crippen LogP contribution in [0.4, 0.5) is 11.5 Å². The highest BCUT2D eigenvalue weighted by Gasteiger charge is 2.18. The van der Waals surface area contributed by atoms with E-state index in [0.29, 0.717) is 5.88 Å². The number of hydrogen-bond donors (Lipinski definition) is 0. The van der Waals surface area contributed by atoms with Crippen LogP contribution in [0.2, 0.25) is 0 Å². The van der Waals surface area contributed by atoms with E-state index in [9.17, 15) is 0 Å². The lowest BCUT2D eigenvalue weighted by Gasteiger charge is -2.24. The normalized spacial score (nSPS) is 10.8. The molecule has 0 radical (unpaired) electrons. The minimum atomic E-state index is 0.484. The lowest BCUT2D eigenvalue weighted by molar-refractivity contribution is 0.741. The highest BCUT2D eigenvalue weighted by molar-refractivity contribution is 6.17. The Morgan fingerprint density at radius 2 is 1.84 bits per heavy atom. The van der Waals surface area contributed by atoms with E-state index in [4.69, 9.17) is 11.6 Å². The Morgan fingerprint density at radius 1 is 1.21 bits per heavy atom. The van der Waals surface area contributed by atoms with Gasteiger partial charge < -0.3 is 4.90 Å². The fourth-order valence-electron chi connectivity index (χ4n) is 2.36. The Balaban J connectivity index is 2.50. The molecule has 19 heavy (non-hydrogen) atoms. The summed E-state index contributed by atoms with van der Waals surface area (Å²) in [6.45, 7) is 7.12. The number of aromatic nitrogens is 2. The van der Waals surface area contributed by atoms with Crippen LogP contribution in [0, 0.1) is 13.8 Å². The molecule has 0 N–H and O–H groups in total. The second-order valence-electron chi connectivity index (χ2n) is 4.72. The maximum Gasteiger partial charge on any atom is 0.135 e. The Bertz CT molecular complexity index is 558. The molecule has 2 rings (SSSR count). The van der Waals surface area contributed by atoms with Crippen LogP contribution in [0.1, 0.15) is 23.7 Å². The van der Waals surface area contributed by atoms with Crippen molar-refractivity contribution in [3.8, 4) is 0 Å². The van der Waals surface area contributed by atoms with Crippen LogP contribution in [-0.2, 0) is 12.9 Å². The number of anilines is 2. The zero-order valence-electron chi connectivity index (χ0n) is 11.9. The quantitative estimate of drug-likeness (QED) is 0.790. The molecule has 102 valence electrons. The lowest BCUT2D eigenvalue weighted by atomic mass is 10.2. The summed E-state index contributed by atoms with van der Waals surface area (Å²) in [5.74, 6) is 1.57. The van der Waals surface area contributed by atoms with Crippen molar-refractivity contribution in [2.75, 3.05) is 11.4 Å². The van der Waals surface area contributed by atoms with Crippen LogP contribution in [-0.4, -0.2) is 16.3 Å². The number of halogens is 1. The SMILES string of the molecule is CCN(c1ccc(C)cc1)c1c(CCl)c(C)nn1C. The third-order valence-corrected chi connectivity index (χ3v) is 3.63. The summed E-state index contributed by atoms with van der Waals surface area (Å²) in [6.07, 6.45) is 0. The van der Waals surface area contributed by atoms with E-state index in [1.807, 2.05) is 18.7 Å². The van der Waals surface area contributed by atoms with Gasteiger partial charge in [-0.25, -0.2) is 0 Å². The van der Waals surface area contributed by atoms with Gasteiger partial charge in [0, 0.05) is 24.8 Å². The first-order valence-electron chi connectivity index (χ1n) is 6.51. The molecule has 0 spiro atoms. The molecule has 0 saturated carbocycles. The highest BCUT2D eigenvalue weighted by atomic mass is 35.5. The molecule has 1 aromatic carbocycles. The zero-order chi connectivity index (χ0) is 14.0. The van der Waals surface area contributed by atoms with E-state index < -0.39 is 0 Å². The van der Waals surface area contributed by atoms with Crippen molar-refractivity contribution in [2.24, 2.45) is 7.05 Å². The Kier molecular flexibility index (Phi) is 4.15. The summed E-state index contributed by atoms with van der Waals surface area (Å²) < 4.78 is 1.91. The van der Waals surface area contributed by atoms with Crippen molar-refractivity contribution in [3.63, 3.8) is 0 Å². The number of hydrogen-bond acceptors (Lipinski definition) is 2. The molecule has 0 saturated heterocycles. The zero-order valence-corrected chi connectivity index (χ0v) is 12.7. The molecule has 1 aromatic heterocycles. The third-order valence-electron chi connectivity index (χ3n) is 3.36. The summed E-state index contributed by atoms with van der Waals surface area (Å²) in [5.41, 5.74) is 4.53. The minimum absolute atomic E-state index is 0.484. The van der Waals surface area contributed by atoms with Crippen molar-refractivity contribution in [1.82, 2.24) is 9.78 Å². The van der Waals surface area contributed by atoms with Crippen LogP contribution in [0.25, 0.3) is 0 Å². The van der Waals surface area contributed by atoms with Gasteiger partial charge in [0.05, 0.1) is 11.6 Å². The van der Waals surface area contributed by atoms with E-state index in [2.05, 4.69) is 48.1 Å². The molecule has 0 aliphatic heterocycles. The Hall–Kier alpha value is -1.48. The number of aryl methyl sites for hydroxylation is 3. The first-order valence-corrected chi connectivity index (χ1v) is 7.04. The van der Waals surface area contributed by atoms with Crippen LogP contribution >= 0.6 is 11.6 Å². The standard InChI is InChI=1S/C15H20ClN3/c1-5-19(13-8-6-11(2)7-9-13)15-14(10-16)12(3)17-18(15)4/h6-9H,5,10H2,1-4H3. The van der Waals surface area contributed by atoms with Crippen molar-refractivity contribution in [3.05, 3.63) is 41.1 Å². The summed E-state index contributed by atoms with van der Waals surface area (Å²) >= 11 is 6.08. The van der Waals surface area contributed by atoms with Crippen LogP contribution < -0.4 is 4.90 Å². The molecule has 0 bridgehead atoms. The molecular weight excluding hydrogens is 258 g/mol. The van der Waals surface area contributed by atoms with E-state index in [1.54, 1.807) is 0 Å². The molecule has 0 atom stereocenters. The van der Waals surface area contributed by atoms with Crippen LogP contribution in [0.15, 0.2) is 24.3 Å². The van der Waals surface area contributed by atoms with Crippen molar-refractivity contribution in [1.29, 1.82) is 0 Å². The second kappa shape index (κ2) is 5.66. The van der Waals surface area contributed by atoms with E-state index in [1.165, 1.54) is 11.3 Å². The predicted octanol–water partition coefficient (Wildman–Crippen LogP) is 3.93. The van der Waals surface area contributed by atoms with Gasteiger partial charge in [-0.15, -0.1) is 11.6 Å². The van der Waals surface area contributed by atoms with Gasteiger partial charge in [-0.2, -0.15) is 5.10 Å². The lowest BCUT2D eigenvalue weighted by Crippen LogP contribution is -2.20. The Labute approximate surface area is 119 Å². The number of alkyl halides is 1. The van der Waals surface area contributed by atoms with Crippen molar-refractivity contribution >= 4 is 23.1 Å². The maximum absolute atomic E-state index is 6.08. The smallest absolute Gasteiger partial charge is 0.135 e. The fraction of sp³-hybridized carbons (Fsp3) is 0.400.